The van der Waals surface area contributed by atoms with Crippen molar-refractivity contribution < 1.29 is 9.47 Å². The van der Waals surface area contributed by atoms with Crippen LogP contribution in [0.15, 0.2) is 78.9 Å². The molecule has 1 aliphatic carbocycles. The van der Waals surface area contributed by atoms with E-state index in [0.717, 1.165) is 29.4 Å². The van der Waals surface area contributed by atoms with Crippen LogP contribution < -0.4 is 15.2 Å². The molecule has 4 rings (SSSR count). The molecule has 0 aromatic heterocycles. The van der Waals surface area contributed by atoms with Crippen molar-refractivity contribution in [2.75, 3.05) is 0 Å². The zero-order valence-electron chi connectivity index (χ0n) is 14.7. The van der Waals surface area contributed by atoms with Crippen molar-refractivity contribution in [3.63, 3.8) is 0 Å². The quantitative estimate of drug-likeness (QED) is 0.565. The third-order valence-corrected chi connectivity index (χ3v) is 4.62. The number of rotatable bonds is 7. The fourth-order valence-electron chi connectivity index (χ4n) is 3.00. The third-order valence-electron chi connectivity index (χ3n) is 4.62. The Bertz CT molecular complexity index is 845. The van der Waals surface area contributed by atoms with Crippen LogP contribution >= 0.6 is 0 Å². The van der Waals surface area contributed by atoms with Crippen molar-refractivity contribution in [3.8, 4) is 23.0 Å². The minimum Gasteiger partial charge on any atom is -0.453 e. The van der Waals surface area contributed by atoms with Crippen LogP contribution in [-0.2, 0) is 0 Å². The molecule has 0 saturated heterocycles. The van der Waals surface area contributed by atoms with Crippen LogP contribution in [0, 0.1) is 5.92 Å². The van der Waals surface area contributed by atoms with E-state index in [1.807, 2.05) is 78.9 Å². The molecule has 3 aromatic carbocycles. The number of hydrogen-bond acceptors (Lipinski definition) is 3. The zero-order valence-corrected chi connectivity index (χ0v) is 14.7. The molecule has 3 nitrogen and oxygen atoms in total. The number of para-hydroxylation sites is 2. The summed E-state index contributed by atoms with van der Waals surface area (Å²) in [5.74, 6) is 3.70. The van der Waals surface area contributed by atoms with Crippen molar-refractivity contribution in [2.24, 2.45) is 11.7 Å². The van der Waals surface area contributed by atoms with Gasteiger partial charge in [0, 0.05) is 6.04 Å². The second-order valence-electron chi connectivity index (χ2n) is 6.82. The molecule has 1 fully saturated rings. The SMILES string of the molecule is N[C@@H](CC1CC1)c1ccc(Oc2ccccc2)c(Oc2ccccc2)c1. The van der Waals surface area contributed by atoms with Crippen molar-refractivity contribution in [2.45, 2.75) is 25.3 Å². The van der Waals surface area contributed by atoms with E-state index < -0.39 is 0 Å². The molecule has 1 aliphatic rings. The zero-order chi connectivity index (χ0) is 17.8. The first-order valence-corrected chi connectivity index (χ1v) is 9.13. The highest BCUT2D eigenvalue weighted by atomic mass is 16.5. The maximum Gasteiger partial charge on any atom is 0.170 e. The van der Waals surface area contributed by atoms with E-state index >= 15 is 0 Å². The van der Waals surface area contributed by atoms with E-state index in [1.165, 1.54) is 12.8 Å². The Labute approximate surface area is 154 Å². The second-order valence-corrected chi connectivity index (χ2v) is 6.82. The lowest BCUT2D eigenvalue weighted by molar-refractivity contribution is 0.417. The smallest absolute Gasteiger partial charge is 0.170 e. The Hall–Kier alpha value is -2.78. The van der Waals surface area contributed by atoms with Gasteiger partial charge in [0.05, 0.1) is 0 Å². The van der Waals surface area contributed by atoms with Crippen LogP contribution in [0.2, 0.25) is 0 Å². The molecule has 2 N–H and O–H groups in total. The van der Waals surface area contributed by atoms with Gasteiger partial charge in [-0.2, -0.15) is 0 Å². The van der Waals surface area contributed by atoms with E-state index in [2.05, 4.69) is 0 Å². The molecule has 3 heteroatoms. The third kappa shape index (κ3) is 4.24. The molecule has 1 saturated carbocycles. The second kappa shape index (κ2) is 7.63. The maximum absolute atomic E-state index is 6.40. The molecule has 0 unspecified atom stereocenters. The fourth-order valence-corrected chi connectivity index (χ4v) is 3.00. The van der Waals surface area contributed by atoms with Gasteiger partial charge in [0.2, 0.25) is 0 Å². The van der Waals surface area contributed by atoms with Gasteiger partial charge in [-0.25, -0.2) is 0 Å². The molecular formula is C23H23NO2. The molecule has 26 heavy (non-hydrogen) atoms. The average Bonchev–Trinajstić information content (AvgIpc) is 3.49. The molecule has 0 radical (unpaired) electrons. The van der Waals surface area contributed by atoms with Crippen LogP contribution in [0.1, 0.15) is 30.9 Å². The van der Waals surface area contributed by atoms with Gasteiger partial charge in [-0.3, -0.25) is 0 Å². The van der Waals surface area contributed by atoms with Gasteiger partial charge in [-0.05, 0) is 54.3 Å². The predicted molar refractivity (Wildman–Crippen MR) is 104 cm³/mol. The molecule has 0 heterocycles. The number of ether oxygens (including phenoxy) is 2. The summed E-state index contributed by atoms with van der Waals surface area (Å²) in [6.45, 7) is 0. The minimum atomic E-state index is 0.0337. The Morgan fingerprint density at radius 2 is 1.35 bits per heavy atom. The first-order chi connectivity index (χ1) is 12.8. The highest BCUT2D eigenvalue weighted by molar-refractivity contribution is 5.48. The molecule has 0 bridgehead atoms. The van der Waals surface area contributed by atoms with Gasteiger partial charge in [0.15, 0.2) is 11.5 Å². The maximum atomic E-state index is 6.40. The summed E-state index contributed by atoms with van der Waals surface area (Å²) in [6.07, 6.45) is 3.64. The minimum absolute atomic E-state index is 0.0337. The summed E-state index contributed by atoms with van der Waals surface area (Å²) >= 11 is 0. The molecule has 3 aromatic rings. The number of benzene rings is 3. The van der Waals surface area contributed by atoms with Gasteiger partial charge in [-0.1, -0.05) is 55.3 Å². The van der Waals surface area contributed by atoms with Crippen LogP contribution in [0.5, 0.6) is 23.0 Å². The normalized spacial score (nSPS) is 14.7. The van der Waals surface area contributed by atoms with Gasteiger partial charge >= 0.3 is 0 Å². The Balaban J connectivity index is 1.62. The monoisotopic (exact) mass is 345 g/mol. The van der Waals surface area contributed by atoms with Crippen molar-refractivity contribution in [3.05, 3.63) is 84.4 Å². The lowest BCUT2D eigenvalue weighted by Crippen LogP contribution is -2.11. The standard InChI is InChI=1S/C23H23NO2/c24-21(15-17-11-12-17)18-13-14-22(25-19-7-3-1-4-8-19)23(16-18)26-20-9-5-2-6-10-20/h1-10,13-14,16-17,21H,11-12,15,24H2/t21-/m0/s1. The topological polar surface area (TPSA) is 44.5 Å². The summed E-state index contributed by atoms with van der Waals surface area (Å²) in [5, 5.41) is 0. The van der Waals surface area contributed by atoms with Crippen molar-refractivity contribution in [1.82, 2.24) is 0 Å². The van der Waals surface area contributed by atoms with E-state index in [4.69, 9.17) is 15.2 Å². The Morgan fingerprint density at radius 3 is 1.92 bits per heavy atom. The van der Waals surface area contributed by atoms with Crippen LogP contribution in [-0.4, -0.2) is 0 Å². The van der Waals surface area contributed by atoms with Crippen molar-refractivity contribution >= 4 is 0 Å². The Morgan fingerprint density at radius 1 is 0.769 bits per heavy atom. The first-order valence-electron chi connectivity index (χ1n) is 9.13. The van der Waals surface area contributed by atoms with Gasteiger partial charge in [-0.15, -0.1) is 0 Å². The fraction of sp³-hybridized carbons (Fsp3) is 0.217. The summed E-state index contributed by atoms with van der Waals surface area (Å²) in [5.41, 5.74) is 7.49. The van der Waals surface area contributed by atoms with E-state index in [9.17, 15) is 0 Å². The van der Waals surface area contributed by atoms with E-state index in [-0.39, 0.29) is 6.04 Å². The average molecular weight is 345 g/mol. The molecule has 0 amide bonds. The van der Waals surface area contributed by atoms with Crippen LogP contribution in [0.25, 0.3) is 0 Å². The van der Waals surface area contributed by atoms with E-state index in [0.29, 0.717) is 11.5 Å². The lowest BCUT2D eigenvalue weighted by atomic mass is 10.0. The van der Waals surface area contributed by atoms with Crippen LogP contribution in [0.3, 0.4) is 0 Å². The first kappa shape index (κ1) is 16.7. The van der Waals surface area contributed by atoms with Crippen molar-refractivity contribution in [1.29, 1.82) is 0 Å². The highest BCUT2D eigenvalue weighted by Crippen LogP contribution is 2.40. The summed E-state index contributed by atoms with van der Waals surface area (Å²) in [6, 6.07) is 25.5. The van der Waals surface area contributed by atoms with Gasteiger partial charge in [0.25, 0.3) is 0 Å². The Kier molecular flexibility index (Phi) is 4.89. The largest absolute Gasteiger partial charge is 0.453 e. The molecule has 0 aliphatic heterocycles. The summed E-state index contributed by atoms with van der Waals surface area (Å²) < 4.78 is 12.2. The summed E-state index contributed by atoms with van der Waals surface area (Å²) in [7, 11) is 0. The summed E-state index contributed by atoms with van der Waals surface area (Å²) in [4.78, 5) is 0. The predicted octanol–water partition coefficient (Wildman–Crippen LogP) is 6.07. The molecule has 0 spiro atoms. The van der Waals surface area contributed by atoms with E-state index in [1.54, 1.807) is 0 Å². The molecular weight excluding hydrogens is 322 g/mol. The number of nitrogens with two attached hydrogens (primary N) is 1. The lowest BCUT2D eigenvalue weighted by Gasteiger charge is -2.17. The highest BCUT2D eigenvalue weighted by Gasteiger charge is 2.25. The van der Waals surface area contributed by atoms with Crippen LogP contribution in [0.4, 0.5) is 0 Å². The van der Waals surface area contributed by atoms with Gasteiger partial charge < -0.3 is 15.2 Å². The molecule has 132 valence electrons. The molecule has 1 atom stereocenters. The van der Waals surface area contributed by atoms with Gasteiger partial charge in [0.1, 0.15) is 11.5 Å². The number of hydrogen-bond donors (Lipinski definition) is 1.